The van der Waals surface area contributed by atoms with Crippen molar-refractivity contribution in [2.45, 2.75) is 12.4 Å². The third-order valence-electron chi connectivity index (χ3n) is 3.34. The number of hydrogen-bond donors (Lipinski definition) is 2. The van der Waals surface area contributed by atoms with Gasteiger partial charge in [0, 0.05) is 18.0 Å². The van der Waals surface area contributed by atoms with Gasteiger partial charge in [-0.3, -0.25) is 10.4 Å². The Bertz CT molecular complexity index is 907. The lowest BCUT2D eigenvalue weighted by molar-refractivity contribution is -0.143. The van der Waals surface area contributed by atoms with E-state index >= 15 is 0 Å². The number of nitriles is 1. The van der Waals surface area contributed by atoms with Crippen molar-refractivity contribution in [3.63, 3.8) is 0 Å². The Morgan fingerprint density at radius 1 is 1.07 bits per heavy atom. The van der Waals surface area contributed by atoms with Gasteiger partial charge in [-0.15, -0.1) is 0 Å². The van der Waals surface area contributed by atoms with Crippen molar-refractivity contribution < 1.29 is 26.3 Å². The SMILES string of the molecule is N#CC(=CN/N=C(\N)c1cc(C(F)(F)F)cc(C(F)(F)F)c1)c1ccccn1. The van der Waals surface area contributed by atoms with Crippen LogP contribution in [0.5, 0.6) is 0 Å². The summed E-state index contributed by atoms with van der Waals surface area (Å²) in [5, 5.41) is 12.6. The fourth-order valence-corrected chi connectivity index (χ4v) is 2.02. The molecule has 2 rings (SSSR count). The van der Waals surface area contributed by atoms with E-state index in [1.807, 2.05) is 6.07 Å². The number of allylic oxidation sites excluding steroid dienone is 1. The van der Waals surface area contributed by atoms with E-state index < -0.39 is 34.9 Å². The zero-order valence-corrected chi connectivity index (χ0v) is 13.8. The van der Waals surface area contributed by atoms with Crippen LogP contribution in [-0.4, -0.2) is 10.8 Å². The van der Waals surface area contributed by atoms with E-state index in [0.29, 0.717) is 12.1 Å². The highest BCUT2D eigenvalue weighted by molar-refractivity contribution is 5.97. The number of pyridine rings is 1. The van der Waals surface area contributed by atoms with Crippen molar-refractivity contribution in [3.8, 4) is 6.07 Å². The molecule has 0 saturated heterocycles. The maximum Gasteiger partial charge on any atom is 0.416 e. The zero-order valence-electron chi connectivity index (χ0n) is 13.8. The van der Waals surface area contributed by atoms with Crippen LogP contribution in [0.15, 0.2) is 53.9 Å². The molecule has 1 heterocycles. The molecule has 0 amide bonds. The van der Waals surface area contributed by atoms with Crippen LogP contribution in [0, 0.1) is 11.3 Å². The van der Waals surface area contributed by atoms with E-state index in [0.717, 1.165) is 6.20 Å². The topological polar surface area (TPSA) is 87.1 Å². The Kier molecular flexibility index (Phi) is 5.93. The van der Waals surface area contributed by atoms with Crippen molar-refractivity contribution in [2.75, 3.05) is 0 Å². The number of nitrogens with one attached hydrogen (secondary N) is 1. The molecular weight excluding hydrogens is 388 g/mol. The minimum atomic E-state index is -5.00. The minimum Gasteiger partial charge on any atom is -0.382 e. The number of nitrogens with two attached hydrogens (primary N) is 1. The predicted octanol–water partition coefficient (Wildman–Crippen LogP) is 3.89. The number of benzene rings is 1. The molecule has 146 valence electrons. The lowest BCUT2D eigenvalue weighted by atomic mass is 10.0. The molecule has 0 unspecified atom stereocenters. The highest BCUT2D eigenvalue weighted by Crippen LogP contribution is 2.36. The van der Waals surface area contributed by atoms with Crippen LogP contribution in [0.2, 0.25) is 0 Å². The minimum absolute atomic E-state index is 0.0149. The summed E-state index contributed by atoms with van der Waals surface area (Å²) in [4.78, 5) is 3.92. The Labute approximate surface area is 154 Å². The molecule has 0 aliphatic rings. The monoisotopic (exact) mass is 399 g/mol. The van der Waals surface area contributed by atoms with E-state index in [1.165, 1.54) is 12.3 Å². The van der Waals surface area contributed by atoms with Crippen molar-refractivity contribution in [1.82, 2.24) is 10.4 Å². The lowest BCUT2D eigenvalue weighted by Gasteiger charge is -2.13. The number of hydrogen-bond acceptors (Lipinski definition) is 4. The number of aromatic nitrogens is 1. The molecule has 5 nitrogen and oxygen atoms in total. The average Bonchev–Trinajstić information content (AvgIpc) is 2.64. The Morgan fingerprint density at radius 3 is 2.14 bits per heavy atom. The number of amidine groups is 1. The molecule has 0 aliphatic heterocycles. The summed E-state index contributed by atoms with van der Waals surface area (Å²) in [7, 11) is 0. The summed E-state index contributed by atoms with van der Waals surface area (Å²) in [6.07, 6.45) is -7.51. The van der Waals surface area contributed by atoms with Crippen LogP contribution in [0.25, 0.3) is 5.57 Å². The van der Waals surface area contributed by atoms with Gasteiger partial charge in [0.15, 0.2) is 5.84 Å². The molecule has 0 fully saturated rings. The first kappa shape index (κ1) is 20.8. The van der Waals surface area contributed by atoms with E-state index in [9.17, 15) is 26.3 Å². The number of nitrogens with zero attached hydrogens (tertiary/aromatic N) is 3. The Hall–Kier alpha value is -3.55. The number of alkyl halides is 6. The summed E-state index contributed by atoms with van der Waals surface area (Å²) in [6, 6.07) is 7.46. The van der Waals surface area contributed by atoms with Crippen LogP contribution in [0.3, 0.4) is 0 Å². The maximum atomic E-state index is 12.9. The Balaban J connectivity index is 2.36. The standard InChI is InChI=1S/C17H11F6N5/c18-16(19,20)12-5-10(6-13(7-12)17(21,22)23)15(25)28-27-9-11(8-24)14-3-1-2-4-26-14/h1-7,9,27H,(H2,25,28). The number of rotatable bonds is 4. The third-order valence-corrected chi connectivity index (χ3v) is 3.34. The molecule has 2 aromatic rings. The van der Waals surface area contributed by atoms with Crippen molar-refractivity contribution in [1.29, 1.82) is 5.26 Å². The van der Waals surface area contributed by atoms with E-state index in [4.69, 9.17) is 11.0 Å². The van der Waals surface area contributed by atoms with Crippen molar-refractivity contribution in [2.24, 2.45) is 10.8 Å². The number of halogens is 6. The molecule has 0 radical (unpaired) electrons. The molecule has 1 aromatic carbocycles. The molecule has 0 spiro atoms. The summed E-state index contributed by atoms with van der Waals surface area (Å²) in [5.41, 5.74) is 4.43. The molecule has 3 N–H and O–H groups in total. The van der Waals surface area contributed by atoms with Crippen LogP contribution in [-0.2, 0) is 12.4 Å². The second-order valence-corrected chi connectivity index (χ2v) is 5.31. The van der Waals surface area contributed by atoms with Gasteiger partial charge in [0.25, 0.3) is 0 Å². The van der Waals surface area contributed by atoms with Gasteiger partial charge in [-0.1, -0.05) is 6.07 Å². The van der Waals surface area contributed by atoms with Crippen LogP contribution in [0.1, 0.15) is 22.4 Å². The Morgan fingerprint density at radius 2 is 1.68 bits per heavy atom. The predicted molar refractivity (Wildman–Crippen MR) is 88.1 cm³/mol. The molecule has 11 heteroatoms. The summed E-state index contributed by atoms with van der Waals surface area (Å²) < 4.78 is 77.2. The van der Waals surface area contributed by atoms with Crippen LogP contribution >= 0.6 is 0 Å². The smallest absolute Gasteiger partial charge is 0.382 e. The van der Waals surface area contributed by atoms with Crippen molar-refractivity contribution in [3.05, 3.63) is 71.2 Å². The number of hydrazone groups is 1. The first-order chi connectivity index (χ1) is 13.0. The van der Waals surface area contributed by atoms with Crippen molar-refractivity contribution >= 4 is 11.4 Å². The van der Waals surface area contributed by atoms with Crippen LogP contribution < -0.4 is 11.2 Å². The molecule has 0 atom stereocenters. The second kappa shape index (κ2) is 7.99. The lowest BCUT2D eigenvalue weighted by Crippen LogP contribution is -2.20. The summed E-state index contributed by atoms with van der Waals surface area (Å²) >= 11 is 0. The first-order valence-corrected chi connectivity index (χ1v) is 7.42. The largest absolute Gasteiger partial charge is 0.416 e. The van der Waals surface area contributed by atoms with Gasteiger partial charge in [-0.2, -0.15) is 36.7 Å². The molecule has 0 aliphatic carbocycles. The van der Waals surface area contributed by atoms with Gasteiger partial charge in [0.1, 0.15) is 6.07 Å². The zero-order chi connectivity index (χ0) is 20.9. The van der Waals surface area contributed by atoms with Gasteiger partial charge in [-0.25, -0.2) is 0 Å². The fraction of sp³-hybridized carbons (Fsp3) is 0.118. The van der Waals surface area contributed by atoms with Gasteiger partial charge in [-0.05, 0) is 30.3 Å². The second-order valence-electron chi connectivity index (χ2n) is 5.31. The summed E-state index contributed by atoms with van der Waals surface area (Å²) in [6.45, 7) is 0. The normalized spacial score (nSPS) is 13.2. The molecular formula is C17H11F6N5. The van der Waals surface area contributed by atoms with Gasteiger partial charge >= 0.3 is 12.4 Å². The molecule has 0 saturated carbocycles. The van der Waals surface area contributed by atoms with E-state index in [-0.39, 0.29) is 17.3 Å². The first-order valence-electron chi connectivity index (χ1n) is 7.42. The molecule has 0 bridgehead atoms. The average molecular weight is 399 g/mol. The highest BCUT2D eigenvalue weighted by Gasteiger charge is 2.37. The van der Waals surface area contributed by atoms with Gasteiger partial charge in [0.2, 0.25) is 0 Å². The van der Waals surface area contributed by atoms with Crippen LogP contribution in [0.4, 0.5) is 26.3 Å². The summed E-state index contributed by atoms with van der Waals surface area (Å²) in [5.74, 6) is -0.633. The molecule has 1 aromatic heterocycles. The maximum absolute atomic E-state index is 12.9. The fourth-order valence-electron chi connectivity index (χ4n) is 2.02. The van der Waals surface area contributed by atoms with E-state index in [2.05, 4.69) is 15.5 Å². The van der Waals surface area contributed by atoms with E-state index in [1.54, 1.807) is 12.1 Å². The quantitative estimate of drug-likeness (QED) is 0.269. The van der Waals surface area contributed by atoms with Gasteiger partial charge in [0.05, 0.1) is 22.4 Å². The van der Waals surface area contributed by atoms with Gasteiger partial charge < -0.3 is 5.73 Å². The molecule has 28 heavy (non-hydrogen) atoms. The highest BCUT2D eigenvalue weighted by atomic mass is 19.4. The third kappa shape index (κ3) is 5.23.